The summed E-state index contributed by atoms with van der Waals surface area (Å²) in [5.41, 5.74) is 1.23. The Labute approximate surface area is 99.8 Å². The molecule has 0 radical (unpaired) electrons. The molecule has 0 saturated carbocycles. The maximum absolute atomic E-state index is 12.6. The summed E-state index contributed by atoms with van der Waals surface area (Å²) in [5.74, 6) is -0.919. The highest BCUT2D eigenvalue weighted by Gasteiger charge is 2.30. The van der Waals surface area contributed by atoms with Gasteiger partial charge < -0.3 is 4.74 Å². The van der Waals surface area contributed by atoms with Crippen LogP contribution in [0.15, 0.2) is 42.6 Å². The molecule has 0 aliphatic rings. The standard InChI is InChI=1S/C12H7F4NO/c13-11-6-3-9(7-17-11)8-1-4-10(5-2-8)18-12(14,15)16/h1-7H. The second-order valence-electron chi connectivity index (χ2n) is 3.44. The van der Waals surface area contributed by atoms with Gasteiger partial charge in [0.15, 0.2) is 0 Å². The molecule has 0 saturated heterocycles. The Morgan fingerprint density at radius 1 is 0.889 bits per heavy atom. The van der Waals surface area contributed by atoms with Crippen molar-refractivity contribution < 1.29 is 22.3 Å². The first-order valence-corrected chi connectivity index (χ1v) is 4.92. The number of nitrogens with zero attached hydrogens (tertiary/aromatic N) is 1. The first kappa shape index (κ1) is 12.3. The van der Waals surface area contributed by atoms with Gasteiger partial charge in [0.25, 0.3) is 0 Å². The van der Waals surface area contributed by atoms with Gasteiger partial charge in [-0.15, -0.1) is 13.2 Å². The Balaban J connectivity index is 2.20. The zero-order valence-corrected chi connectivity index (χ0v) is 8.91. The van der Waals surface area contributed by atoms with Crippen molar-refractivity contribution in [2.75, 3.05) is 0 Å². The number of alkyl halides is 3. The van der Waals surface area contributed by atoms with Crippen molar-refractivity contribution in [1.29, 1.82) is 0 Å². The second-order valence-corrected chi connectivity index (χ2v) is 3.44. The predicted molar refractivity (Wildman–Crippen MR) is 56.3 cm³/mol. The molecule has 0 atom stereocenters. The molecule has 1 aromatic heterocycles. The second kappa shape index (κ2) is 4.64. The highest BCUT2D eigenvalue weighted by molar-refractivity contribution is 5.62. The van der Waals surface area contributed by atoms with E-state index in [4.69, 9.17) is 0 Å². The Morgan fingerprint density at radius 2 is 1.50 bits per heavy atom. The highest BCUT2D eigenvalue weighted by atomic mass is 19.4. The third-order valence-corrected chi connectivity index (χ3v) is 2.15. The smallest absolute Gasteiger partial charge is 0.406 e. The van der Waals surface area contributed by atoms with Crippen molar-refractivity contribution in [3.05, 3.63) is 48.5 Å². The molecule has 0 N–H and O–H groups in total. The fourth-order valence-electron chi connectivity index (χ4n) is 1.40. The first-order chi connectivity index (χ1) is 8.44. The van der Waals surface area contributed by atoms with Crippen LogP contribution < -0.4 is 4.74 Å². The molecule has 6 heteroatoms. The molecule has 0 bridgehead atoms. The first-order valence-electron chi connectivity index (χ1n) is 4.92. The molecule has 1 heterocycles. The third kappa shape index (κ3) is 3.19. The number of ether oxygens (including phenoxy) is 1. The molecular weight excluding hydrogens is 250 g/mol. The molecule has 2 nitrogen and oxygen atoms in total. The van der Waals surface area contributed by atoms with Crippen LogP contribution in [-0.2, 0) is 0 Å². The number of pyridine rings is 1. The van der Waals surface area contributed by atoms with Crippen LogP contribution in [0.3, 0.4) is 0 Å². The fourth-order valence-corrected chi connectivity index (χ4v) is 1.40. The SMILES string of the molecule is Fc1ccc(-c2ccc(OC(F)(F)F)cc2)cn1. The van der Waals surface area contributed by atoms with Crippen molar-refractivity contribution in [2.45, 2.75) is 6.36 Å². The lowest BCUT2D eigenvalue weighted by Gasteiger charge is -2.09. The molecule has 0 fully saturated rings. The van der Waals surface area contributed by atoms with Gasteiger partial charge in [0.2, 0.25) is 5.95 Å². The zero-order chi connectivity index (χ0) is 13.2. The minimum Gasteiger partial charge on any atom is -0.406 e. The lowest BCUT2D eigenvalue weighted by molar-refractivity contribution is -0.274. The Morgan fingerprint density at radius 3 is 2.00 bits per heavy atom. The van der Waals surface area contributed by atoms with Crippen LogP contribution in [0.1, 0.15) is 0 Å². The topological polar surface area (TPSA) is 22.1 Å². The lowest BCUT2D eigenvalue weighted by Crippen LogP contribution is -2.16. The Bertz CT molecular complexity index is 519. The van der Waals surface area contributed by atoms with Gasteiger partial charge >= 0.3 is 6.36 Å². The van der Waals surface area contributed by atoms with E-state index in [9.17, 15) is 17.6 Å². The average molecular weight is 257 g/mol. The van der Waals surface area contributed by atoms with E-state index in [1.807, 2.05) is 0 Å². The molecule has 0 aliphatic heterocycles. The van der Waals surface area contributed by atoms with E-state index >= 15 is 0 Å². The van der Waals surface area contributed by atoms with Gasteiger partial charge in [0, 0.05) is 11.8 Å². The van der Waals surface area contributed by atoms with E-state index in [-0.39, 0.29) is 5.75 Å². The quantitative estimate of drug-likeness (QED) is 0.603. The molecule has 0 amide bonds. The van der Waals surface area contributed by atoms with Crippen molar-refractivity contribution in [3.8, 4) is 16.9 Å². The van der Waals surface area contributed by atoms with Crippen molar-refractivity contribution in [3.63, 3.8) is 0 Å². The lowest BCUT2D eigenvalue weighted by atomic mass is 10.1. The summed E-state index contributed by atoms with van der Waals surface area (Å²) >= 11 is 0. The summed E-state index contributed by atoms with van der Waals surface area (Å²) in [5, 5.41) is 0. The molecular formula is C12H7F4NO. The van der Waals surface area contributed by atoms with Gasteiger partial charge in [-0.1, -0.05) is 12.1 Å². The van der Waals surface area contributed by atoms with Gasteiger partial charge in [-0.3, -0.25) is 0 Å². The van der Waals surface area contributed by atoms with Crippen molar-refractivity contribution in [1.82, 2.24) is 4.98 Å². The average Bonchev–Trinajstić information content (AvgIpc) is 2.29. The van der Waals surface area contributed by atoms with Gasteiger partial charge in [-0.2, -0.15) is 4.39 Å². The fraction of sp³-hybridized carbons (Fsp3) is 0.0833. The van der Waals surface area contributed by atoms with E-state index in [1.165, 1.54) is 42.6 Å². The molecule has 0 unspecified atom stereocenters. The molecule has 0 aliphatic carbocycles. The van der Waals surface area contributed by atoms with Gasteiger partial charge in [0.05, 0.1) is 0 Å². The minimum atomic E-state index is -4.71. The van der Waals surface area contributed by atoms with Gasteiger partial charge in [-0.05, 0) is 29.8 Å². The zero-order valence-electron chi connectivity index (χ0n) is 8.91. The minimum absolute atomic E-state index is 0.304. The number of hydrogen-bond acceptors (Lipinski definition) is 2. The largest absolute Gasteiger partial charge is 0.573 e. The van der Waals surface area contributed by atoms with Crippen LogP contribution in [0, 0.1) is 5.95 Å². The van der Waals surface area contributed by atoms with Crippen LogP contribution in [0.2, 0.25) is 0 Å². The van der Waals surface area contributed by atoms with Crippen molar-refractivity contribution >= 4 is 0 Å². The van der Waals surface area contributed by atoms with E-state index in [0.717, 1.165) is 0 Å². The van der Waals surface area contributed by atoms with Gasteiger partial charge in [0.1, 0.15) is 5.75 Å². The van der Waals surface area contributed by atoms with E-state index in [0.29, 0.717) is 11.1 Å². The van der Waals surface area contributed by atoms with E-state index < -0.39 is 12.3 Å². The maximum Gasteiger partial charge on any atom is 0.573 e. The molecule has 0 spiro atoms. The molecule has 2 aromatic rings. The van der Waals surface area contributed by atoms with E-state index in [2.05, 4.69) is 9.72 Å². The summed E-state index contributed by atoms with van der Waals surface area (Å²) in [6.45, 7) is 0. The van der Waals surface area contributed by atoms with Crippen LogP contribution in [0.5, 0.6) is 5.75 Å². The number of rotatable bonds is 2. The van der Waals surface area contributed by atoms with E-state index in [1.54, 1.807) is 0 Å². The summed E-state index contributed by atoms with van der Waals surface area (Å²) in [7, 11) is 0. The highest BCUT2D eigenvalue weighted by Crippen LogP contribution is 2.26. The molecule has 94 valence electrons. The Hall–Kier alpha value is -2.11. The van der Waals surface area contributed by atoms with Crippen LogP contribution in [0.25, 0.3) is 11.1 Å². The van der Waals surface area contributed by atoms with Crippen LogP contribution in [0.4, 0.5) is 17.6 Å². The summed E-state index contributed by atoms with van der Waals surface area (Å²) in [4.78, 5) is 3.46. The summed E-state index contributed by atoms with van der Waals surface area (Å²) < 4.78 is 52.1. The molecule has 18 heavy (non-hydrogen) atoms. The summed E-state index contributed by atoms with van der Waals surface area (Å²) in [6, 6.07) is 7.92. The number of hydrogen-bond donors (Lipinski definition) is 0. The van der Waals surface area contributed by atoms with Crippen LogP contribution >= 0.6 is 0 Å². The normalized spacial score (nSPS) is 11.3. The van der Waals surface area contributed by atoms with Crippen LogP contribution in [-0.4, -0.2) is 11.3 Å². The predicted octanol–water partition coefficient (Wildman–Crippen LogP) is 3.79. The molecule has 1 aromatic carbocycles. The molecule has 2 rings (SSSR count). The number of halogens is 4. The van der Waals surface area contributed by atoms with Gasteiger partial charge in [-0.25, -0.2) is 4.98 Å². The monoisotopic (exact) mass is 257 g/mol. The third-order valence-electron chi connectivity index (χ3n) is 2.15. The maximum atomic E-state index is 12.6. The number of benzene rings is 1. The Kier molecular flexibility index (Phi) is 3.18. The summed E-state index contributed by atoms with van der Waals surface area (Å²) in [6.07, 6.45) is -3.41. The number of aromatic nitrogens is 1. The van der Waals surface area contributed by atoms with Crippen molar-refractivity contribution in [2.24, 2.45) is 0 Å².